The Morgan fingerprint density at radius 1 is 0.818 bits per heavy atom. The number of carboxylic acid groups (broad SMARTS) is 1. The number of aliphatic carboxylic acids is 1. The molecule has 12 nitrogen and oxygen atoms in total. The summed E-state index contributed by atoms with van der Waals surface area (Å²) in [5.74, 6) is -2.54. The lowest BCUT2D eigenvalue weighted by atomic mass is 10.0. The number of likely N-dealkylation sites (N-methyl/N-ethyl adjacent to an activating group) is 1. The standard InChI is InChI=1S/C31H58NO11P/c1-5-6-7-8-9-10-11-12-13-14-15-16-17-18-30(36)40-25-28(26-42-44(38,39)41-24-23-32(2,3)4)43-31(37)22-20-27(33)19-21-29(34)35/h19,21,27-28,33H,5-18,20,22-26H2,1-4H3,(H-,34,35,38,39)/b21-19+. The first-order valence-electron chi connectivity index (χ1n) is 16.1. The Kier molecular flexibility index (Phi) is 24.3. The molecule has 2 N–H and O–H groups in total. The molecule has 0 fully saturated rings. The van der Waals surface area contributed by atoms with E-state index in [1.807, 2.05) is 21.1 Å². The fourth-order valence-electron chi connectivity index (χ4n) is 4.10. The van der Waals surface area contributed by atoms with Gasteiger partial charge in [-0.3, -0.25) is 14.2 Å². The number of hydrogen-bond donors (Lipinski definition) is 2. The summed E-state index contributed by atoms with van der Waals surface area (Å²) < 4.78 is 32.9. The average Bonchev–Trinajstić information content (AvgIpc) is 2.93. The van der Waals surface area contributed by atoms with Gasteiger partial charge < -0.3 is 38.1 Å². The molecule has 0 saturated heterocycles. The molecule has 3 atom stereocenters. The number of aliphatic hydroxyl groups excluding tert-OH is 1. The van der Waals surface area contributed by atoms with E-state index < -0.39 is 51.2 Å². The summed E-state index contributed by atoms with van der Waals surface area (Å²) in [7, 11) is 0.900. The van der Waals surface area contributed by atoms with Crippen LogP contribution in [0, 0.1) is 0 Å². The fourth-order valence-corrected chi connectivity index (χ4v) is 4.83. The third-order valence-electron chi connectivity index (χ3n) is 6.75. The van der Waals surface area contributed by atoms with Crippen LogP contribution in [0.4, 0.5) is 0 Å². The Hall–Kier alpha value is -1.82. The number of nitrogens with zero attached hydrogens (tertiary/aromatic N) is 1. The van der Waals surface area contributed by atoms with Crippen molar-refractivity contribution in [1.29, 1.82) is 0 Å². The maximum absolute atomic E-state index is 12.3. The monoisotopic (exact) mass is 651 g/mol. The van der Waals surface area contributed by atoms with E-state index in [4.69, 9.17) is 23.6 Å². The third kappa shape index (κ3) is 28.9. The number of unbranched alkanes of at least 4 members (excludes halogenated alkanes) is 12. The minimum atomic E-state index is -4.71. The van der Waals surface area contributed by atoms with Crippen molar-refractivity contribution in [2.24, 2.45) is 0 Å². The predicted octanol–water partition coefficient (Wildman–Crippen LogP) is 4.91. The molecule has 44 heavy (non-hydrogen) atoms. The van der Waals surface area contributed by atoms with Gasteiger partial charge in [-0.25, -0.2) is 4.79 Å². The lowest BCUT2D eigenvalue weighted by molar-refractivity contribution is -0.870. The number of esters is 2. The molecule has 13 heteroatoms. The van der Waals surface area contributed by atoms with Crippen LogP contribution in [0.5, 0.6) is 0 Å². The van der Waals surface area contributed by atoms with Crippen LogP contribution in [0.1, 0.15) is 110 Å². The van der Waals surface area contributed by atoms with Gasteiger partial charge in [-0.2, -0.15) is 0 Å². The van der Waals surface area contributed by atoms with Crippen molar-refractivity contribution < 1.29 is 57.1 Å². The van der Waals surface area contributed by atoms with Crippen molar-refractivity contribution in [3.8, 4) is 0 Å². The van der Waals surface area contributed by atoms with Gasteiger partial charge in [0.25, 0.3) is 7.82 Å². The second-order valence-electron chi connectivity index (χ2n) is 12.2. The molecule has 0 amide bonds. The summed E-state index contributed by atoms with van der Waals surface area (Å²) in [6, 6.07) is 0. The zero-order valence-corrected chi connectivity index (χ0v) is 28.3. The molecule has 3 unspecified atom stereocenters. The average molecular weight is 652 g/mol. The summed E-state index contributed by atoms with van der Waals surface area (Å²) in [4.78, 5) is 47.3. The highest BCUT2D eigenvalue weighted by atomic mass is 31.2. The highest BCUT2D eigenvalue weighted by molar-refractivity contribution is 7.45. The summed E-state index contributed by atoms with van der Waals surface area (Å²) in [5, 5.41) is 18.4. The first-order chi connectivity index (χ1) is 20.7. The molecule has 258 valence electrons. The van der Waals surface area contributed by atoms with E-state index in [2.05, 4.69) is 6.92 Å². The summed E-state index contributed by atoms with van der Waals surface area (Å²) in [5.41, 5.74) is 0. The minimum Gasteiger partial charge on any atom is -0.756 e. The van der Waals surface area contributed by atoms with Crippen LogP contribution < -0.4 is 4.89 Å². The highest BCUT2D eigenvalue weighted by Gasteiger charge is 2.22. The van der Waals surface area contributed by atoms with Crippen molar-refractivity contribution in [2.45, 2.75) is 122 Å². The zero-order valence-electron chi connectivity index (χ0n) is 27.4. The van der Waals surface area contributed by atoms with Crippen LogP contribution >= 0.6 is 7.82 Å². The van der Waals surface area contributed by atoms with Crippen LogP contribution in [0.2, 0.25) is 0 Å². The van der Waals surface area contributed by atoms with E-state index in [1.165, 1.54) is 57.8 Å². The molecule has 0 aromatic carbocycles. The number of aliphatic hydroxyl groups is 1. The van der Waals surface area contributed by atoms with E-state index in [-0.39, 0.29) is 25.9 Å². The van der Waals surface area contributed by atoms with Crippen molar-refractivity contribution in [3.63, 3.8) is 0 Å². The number of phosphoric acid groups is 1. The molecule has 0 aliphatic carbocycles. The first-order valence-corrected chi connectivity index (χ1v) is 17.5. The van der Waals surface area contributed by atoms with Gasteiger partial charge in [0.05, 0.1) is 33.9 Å². The molecule has 0 spiro atoms. The summed E-state index contributed by atoms with van der Waals surface area (Å²) in [6.45, 7) is 1.49. The summed E-state index contributed by atoms with van der Waals surface area (Å²) in [6.07, 6.45) is 14.5. The van der Waals surface area contributed by atoms with Gasteiger partial charge in [0.15, 0.2) is 6.10 Å². The van der Waals surface area contributed by atoms with Crippen molar-refractivity contribution in [2.75, 3.05) is 47.5 Å². The van der Waals surface area contributed by atoms with Gasteiger partial charge in [0.2, 0.25) is 0 Å². The van der Waals surface area contributed by atoms with Gasteiger partial charge in [0.1, 0.15) is 19.8 Å². The maximum atomic E-state index is 12.3. The predicted molar refractivity (Wildman–Crippen MR) is 166 cm³/mol. The lowest BCUT2D eigenvalue weighted by Gasteiger charge is -2.28. The topological polar surface area (TPSA) is 169 Å². The smallest absolute Gasteiger partial charge is 0.328 e. The number of ether oxygens (including phenoxy) is 2. The van der Waals surface area contributed by atoms with Crippen molar-refractivity contribution >= 4 is 25.7 Å². The Morgan fingerprint density at radius 2 is 1.36 bits per heavy atom. The van der Waals surface area contributed by atoms with E-state index in [9.17, 15) is 28.9 Å². The molecule has 0 saturated carbocycles. The third-order valence-corrected chi connectivity index (χ3v) is 7.71. The molecule has 0 rings (SSSR count). The molecule has 0 aliphatic rings. The van der Waals surface area contributed by atoms with Gasteiger partial charge in [-0.15, -0.1) is 0 Å². The van der Waals surface area contributed by atoms with E-state index in [0.717, 1.165) is 31.4 Å². The number of carbonyl (C=O) groups is 3. The maximum Gasteiger partial charge on any atom is 0.328 e. The van der Waals surface area contributed by atoms with Gasteiger partial charge in [0, 0.05) is 18.9 Å². The minimum absolute atomic E-state index is 0.107. The van der Waals surface area contributed by atoms with Crippen LogP contribution in [-0.4, -0.2) is 92.3 Å². The molecular formula is C31H58NO11P. The van der Waals surface area contributed by atoms with Crippen LogP contribution in [0.3, 0.4) is 0 Å². The normalized spacial score (nSPS) is 14.7. The SMILES string of the molecule is CCCCCCCCCCCCCCCC(=O)OCC(COP(=O)([O-])OCC[N+](C)(C)C)OC(=O)CCC(O)/C=C/C(=O)O. The second-order valence-corrected chi connectivity index (χ2v) is 13.6. The zero-order chi connectivity index (χ0) is 33.3. The number of phosphoric ester groups is 1. The lowest BCUT2D eigenvalue weighted by Crippen LogP contribution is -2.37. The molecule has 0 heterocycles. The number of quaternary nitrogens is 1. The number of hydrogen-bond acceptors (Lipinski definition) is 10. The molecular weight excluding hydrogens is 593 g/mol. The van der Waals surface area contributed by atoms with Crippen LogP contribution in [-0.2, 0) is 37.5 Å². The Morgan fingerprint density at radius 3 is 1.89 bits per heavy atom. The van der Waals surface area contributed by atoms with Gasteiger partial charge in [-0.1, -0.05) is 84.0 Å². The summed E-state index contributed by atoms with van der Waals surface area (Å²) >= 11 is 0. The largest absolute Gasteiger partial charge is 0.756 e. The number of carbonyl (C=O) groups excluding carboxylic acids is 2. The Balaban J connectivity index is 4.52. The van der Waals surface area contributed by atoms with Crippen molar-refractivity contribution in [3.05, 3.63) is 12.2 Å². The van der Waals surface area contributed by atoms with E-state index >= 15 is 0 Å². The van der Waals surface area contributed by atoms with E-state index in [0.29, 0.717) is 17.4 Å². The van der Waals surface area contributed by atoms with Gasteiger partial charge in [-0.05, 0) is 18.9 Å². The highest BCUT2D eigenvalue weighted by Crippen LogP contribution is 2.38. The van der Waals surface area contributed by atoms with Crippen LogP contribution in [0.25, 0.3) is 0 Å². The fraction of sp³-hybridized carbons (Fsp3) is 0.839. The molecule has 0 aliphatic heterocycles. The van der Waals surface area contributed by atoms with Crippen LogP contribution in [0.15, 0.2) is 12.2 Å². The Bertz CT molecular complexity index is 860. The first kappa shape index (κ1) is 42.2. The molecule has 0 aromatic rings. The molecule has 0 radical (unpaired) electrons. The number of carboxylic acids is 1. The van der Waals surface area contributed by atoms with Crippen molar-refractivity contribution in [1.82, 2.24) is 0 Å². The van der Waals surface area contributed by atoms with E-state index in [1.54, 1.807) is 0 Å². The second kappa shape index (κ2) is 25.4. The van der Waals surface area contributed by atoms with Gasteiger partial charge >= 0.3 is 17.9 Å². The molecule has 0 bridgehead atoms. The number of rotatable bonds is 29. The Labute approximate surface area is 264 Å². The molecule has 0 aromatic heterocycles. The quantitative estimate of drug-likeness (QED) is 0.0370.